The summed E-state index contributed by atoms with van der Waals surface area (Å²) in [4.78, 5) is 10.0. The van der Waals surface area contributed by atoms with Gasteiger partial charge < -0.3 is 4.74 Å². The van der Waals surface area contributed by atoms with Crippen molar-refractivity contribution < 1.29 is 14.5 Å². The highest BCUT2D eigenvalue weighted by atomic mass is 17.2. The zero-order chi connectivity index (χ0) is 6.97. The average molecular weight is 144 g/mol. The molecule has 3 saturated heterocycles. The van der Waals surface area contributed by atoms with E-state index in [1.165, 1.54) is 0 Å². The first kappa shape index (κ1) is 6.58. The molecular formula is C7H12O3. The molecule has 0 amide bonds. The Hall–Kier alpha value is -0.120. The van der Waals surface area contributed by atoms with Crippen molar-refractivity contribution in [3.05, 3.63) is 0 Å². The molecule has 3 nitrogen and oxygen atoms in total. The van der Waals surface area contributed by atoms with Gasteiger partial charge in [-0.15, -0.1) is 0 Å². The quantitative estimate of drug-likeness (QED) is 0.476. The van der Waals surface area contributed by atoms with E-state index in [1.807, 2.05) is 0 Å². The summed E-state index contributed by atoms with van der Waals surface area (Å²) in [5.74, 6) is 0.479. The van der Waals surface area contributed by atoms with Gasteiger partial charge in [0.2, 0.25) is 0 Å². The molecule has 2 bridgehead atoms. The van der Waals surface area contributed by atoms with Crippen LogP contribution in [0.5, 0.6) is 0 Å². The Morgan fingerprint density at radius 1 is 1.20 bits per heavy atom. The third-order valence-corrected chi connectivity index (χ3v) is 2.15. The molecule has 0 saturated carbocycles. The van der Waals surface area contributed by atoms with Crippen LogP contribution in [0.1, 0.15) is 19.8 Å². The lowest BCUT2D eigenvalue weighted by Gasteiger charge is -2.22. The summed E-state index contributed by atoms with van der Waals surface area (Å²) in [6, 6.07) is 0. The fourth-order valence-corrected chi connectivity index (χ4v) is 1.39. The van der Waals surface area contributed by atoms with Crippen molar-refractivity contribution in [3.63, 3.8) is 0 Å². The number of fused-ring (bicyclic) bond motifs is 4. The molecule has 0 aromatic carbocycles. The summed E-state index contributed by atoms with van der Waals surface area (Å²) in [5.41, 5.74) is 0. The molecule has 10 heavy (non-hydrogen) atoms. The van der Waals surface area contributed by atoms with Gasteiger partial charge in [-0.25, -0.2) is 9.78 Å². The van der Waals surface area contributed by atoms with Crippen molar-refractivity contribution in [3.8, 4) is 0 Å². The minimum atomic E-state index is -0.0961. The van der Waals surface area contributed by atoms with Gasteiger partial charge in [0.05, 0.1) is 12.7 Å². The van der Waals surface area contributed by atoms with Crippen LogP contribution in [0.25, 0.3) is 0 Å². The molecule has 58 valence electrons. The molecule has 0 aromatic rings. The molecule has 0 aliphatic carbocycles. The van der Waals surface area contributed by atoms with E-state index < -0.39 is 0 Å². The van der Waals surface area contributed by atoms with Crippen LogP contribution in [0, 0.1) is 5.92 Å². The van der Waals surface area contributed by atoms with E-state index in [2.05, 4.69) is 6.92 Å². The summed E-state index contributed by atoms with van der Waals surface area (Å²) in [5, 5.41) is 0. The third kappa shape index (κ3) is 1.05. The van der Waals surface area contributed by atoms with Crippen LogP contribution < -0.4 is 0 Å². The maximum absolute atomic E-state index is 5.36. The Balaban J connectivity index is 2.07. The topological polar surface area (TPSA) is 27.7 Å². The molecule has 3 atom stereocenters. The minimum Gasteiger partial charge on any atom is -0.349 e. The van der Waals surface area contributed by atoms with Gasteiger partial charge in [0, 0.05) is 12.3 Å². The Labute approximate surface area is 60.2 Å². The Morgan fingerprint density at radius 3 is 2.80 bits per heavy atom. The zero-order valence-electron chi connectivity index (χ0n) is 6.08. The first-order chi connectivity index (χ1) is 4.86. The lowest BCUT2D eigenvalue weighted by Crippen LogP contribution is -2.26. The summed E-state index contributed by atoms with van der Waals surface area (Å²) < 4.78 is 5.36. The first-order valence-corrected chi connectivity index (χ1v) is 3.80. The Kier molecular flexibility index (Phi) is 1.64. The zero-order valence-corrected chi connectivity index (χ0v) is 6.08. The smallest absolute Gasteiger partial charge is 0.191 e. The third-order valence-electron chi connectivity index (χ3n) is 2.15. The maximum Gasteiger partial charge on any atom is 0.191 e. The van der Waals surface area contributed by atoms with Crippen LogP contribution >= 0.6 is 0 Å². The second kappa shape index (κ2) is 2.49. The van der Waals surface area contributed by atoms with Crippen molar-refractivity contribution in [2.24, 2.45) is 5.92 Å². The summed E-state index contributed by atoms with van der Waals surface area (Å²) in [6.45, 7) is 2.90. The van der Waals surface area contributed by atoms with Gasteiger partial charge in [-0.3, -0.25) is 0 Å². The summed E-state index contributed by atoms with van der Waals surface area (Å²) >= 11 is 0. The minimum absolute atomic E-state index is 0.0961. The van der Waals surface area contributed by atoms with E-state index in [0.717, 1.165) is 19.4 Å². The Bertz CT molecular complexity index is 118. The number of rotatable bonds is 0. The van der Waals surface area contributed by atoms with Crippen LogP contribution in [-0.4, -0.2) is 19.0 Å². The second-order valence-electron chi connectivity index (χ2n) is 3.05. The summed E-state index contributed by atoms with van der Waals surface area (Å²) in [7, 11) is 0. The first-order valence-electron chi connectivity index (χ1n) is 3.80. The molecule has 0 aromatic heterocycles. The molecule has 3 aliphatic rings. The van der Waals surface area contributed by atoms with Crippen molar-refractivity contribution in [1.29, 1.82) is 0 Å². The average Bonchev–Trinajstić information content (AvgIpc) is 2.24. The largest absolute Gasteiger partial charge is 0.349 e. The molecule has 3 heterocycles. The molecular weight excluding hydrogens is 132 g/mol. The highest BCUT2D eigenvalue weighted by Gasteiger charge is 2.32. The number of hydrogen-bond acceptors (Lipinski definition) is 3. The van der Waals surface area contributed by atoms with E-state index >= 15 is 0 Å². The highest BCUT2D eigenvalue weighted by Crippen LogP contribution is 2.27. The van der Waals surface area contributed by atoms with Gasteiger partial charge in [-0.05, 0) is 6.42 Å². The van der Waals surface area contributed by atoms with Crippen LogP contribution in [0.15, 0.2) is 0 Å². The highest BCUT2D eigenvalue weighted by molar-refractivity contribution is 4.71. The fourth-order valence-electron chi connectivity index (χ4n) is 1.39. The number of hydrogen-bond donors (Lipinski definition) is 0. The van der Waals surface area contributed by atoms with E-state index in [1.54, 1.807) is 0 Å². The van der Waals surface area contributed by atoms with E-state index in [4.69, 9.17) is 14.5 Å². The molecule has 0 radical (unpaired) electrons. The molecule has 0 N–H and O–H groups in total. The molecule has 3 rings (SSSR count). The maximum atomic E-state index is 5.36. The predicted octanol–water partition coefficient (Wildman–Crippen LogP) is 1.09. The van der Waals surface area contributed by atoms with Crippen molar-refractivity contribution >= 4 is 0 Å². The molecule has 3 heteroatoms. The van der Waals surface area contributed by atoms with Crippen molar-refractivity contribution in [2.45, 2.75) is 32.2 Å². The Morgan fingerprint density at radius 2 is 2.10 bits per heavy atom. The van der Waals surface area contributed by atoms with Gasteiger partial charge in [0.1, 0.15) is 0 Å². The van der Waals surface area contributed by atoms with Gasteiger partial charge >= 0.3 is 0 Å². The van der Waals surface area contributed by atoms with Gasteiger partial charge in [-0.2, -0.15) is 0 Å². The fraction of sp³-hybridized carbons (Fsp3) is 1.00. The predicted molar refractivity (Wildman–Crippen MR) is 34.1 cm³/mol. The lowest BCUT2D eigenvalue weighted by atomic mass is 10.0. The summed E-state index contributed by atoms with van der Waals surface area (Å²) in [6.07, 6.45) is 2.22. The molecule has 3 fully saturated rings. The SMILES string of the molecule is CC1COC2CCC1OO2. The van der Waals surface area contributed by atoms with Gasteiger partial charge in [0.25, 0.3) is 0 Å². The van der Waals surface area contributed by atoms with Gasteiger partial charge in [-0.1, -0.05) is 6.92 Å². The monoisotopic (exact) mass is 144 g/mol. The van der Waals surface area contributed by atoms with Crippen molar-refractivity contribution in [1.82, 2.24) is 0 Å². The van der Waals surface area contributed by atoms with E-state index in [-0.39, 0.29) is 12.4 Å². The van der Waals surface area contributed by atoms with Gasteiger partial charge in [0.15, 0.2) is 6.29 Å². The number of ether oxygens (including phenoxy) is 1. The van der Waals surface area contributed by atoms with E-state index in [9.17, 15) is 0 Å². The van der Waals surface area contributed by atoms with Crippen LogP contribution in [-0.2, 0) is 14.5 Å². The molecule has 0 spiro atoms. The second-order valence-corrected chi connectivity index (χ2v) is 3.05. The molecule has 3 unspecified atom stereocenters. The van der Waals surface area contributed by atoms with E-state index in [0.29, 0.717) is 5.92 Å². The van der Waals surface area contributed by atoms with Crippen LogP contribution in [0.3, 0.4) is 0 Å². The molecule has 3 aliphatic heterocycles. The van der Waals surface area contributed by atoms with Crippen LogP contribution in [0.4, 0.5) is 0 Å². The van der Waals surface area contributed by atoms with Crippen LogP contribution in [0.2, 0.25) is 0 Å². The van der Waals surface area contributed by atoms with Crippen molar-refractivity contribution in [2.75, 3.05) is 6.61 Å². The standard InChI is InChI=1S/C7H12O3/c1-5-4-8-7-3-2-6(5)9-10-7/h5-7H,2-4H2,1H3. The lowest BCUT2D eigenvalue weighted by molar-refractivity contribution is -0.405. The normalized spacial score (nSPS) is 47.1.